The second kappa shape index (κ2) is 6.18. The topological polar surface area (TPSA) is 55.0 Å². The Morgan fingerprint density at radius 1 is 1.42 bits per heavy atom. The van der Waals surface area contributed by atoms with E-state index in [1.807, 2.05) is 31.3 Å². The lowest BCUT2D eigenvalue weighted by atomic mass is 10.0. The zero-order chi connectivity index (χ0) is 13.7. The molecule has 19 heavy (non-hydrogen) atoms. The first kappa shape index (κ1) is 13.3. The van der Waals surface area contributed by atoms with Gasteiger partial charge in [-0.15, -0.1) is 0 Å². The Morgan fingerprint density at radius 3 is 2.95 bits per heavy atom. The molecule has 4 nitrogen and oxygen atoms in total. The molecule has 1 aromatic carbocycles. The van der Waals surface area contributed by atoms with Crippen LogP contribution in [0.1, 0.15) is 35.0 Å². The van der Waals surface area contributed by atoms with Gasteiger partial charge in [0, 0.05) is 23.0 Å². The predicted molar refractivity (Wildman–Crippen MR) is 73.6 cm³/mol. The number of imidazole rings is 1. The van der Waals surface area contributed by atoms with E-state index in [1.165, 1.54) is 0 Å². The largest absolute Gasteiger partial charge is 0.493 e. The van der Waals surface area contributed by atoms with Crippen LogP contribution in [0.25, 0.3) is 0 Å². The number of H-pyrrole nitrogens is 1. The zero-order valence-corrected chi connectivity index (χ0v) is 11.3. The molecule has 0 unspecified atom stereocenters. The van der Waals surface area contributed by atoms with Gasteiger partial charge in [-0.05, 0) is 32.8 Å². The Bertz CT molecular complexity index is 547. The number of aromatic nitrogens is 2. The number of carbonyl (C=O) groups excluding carboxylic acids is 1. The second-order valence-electron chi connectivity index (χ2n) is 4.51. The van der Waals surface area contributed by atoms with Crippen molar-refractivity contribution >= 4 is 5.78 Å². The summed E-state index contributed by atoms with van der Waals surface area (Å²) >= 11 is 0. The fourth-order valence-corrected chi connectivity index (χ4v) is 2.02. The number of carbonyl (C=O) groups is 1. The molecular weight excluding hydrogens is 240 g/mol. The summed E-state index contributed by atoms with van der Waals surface area (Å²) in [6, 6.07) is 5.58. The van der Waals surface area contributed by atoms with Crippen LogP contribution in [-0.2, 0) is 6.42 Å². The molecule has 0 atom stereocenters. The molecule has 100 valence electrons. The SMILES string of the molecule is CC(=O)c1cccc(OCCCc2cnc[nH]2)c1C. The van der Waals surface area contributed by atoms with Crippen molar-refractivity contribution in [2.75, 3.05) is 6.61 Å². The molecule has 0 aliphatic heterocycles. The molecule has 0 saturated carbocycles. The smallest absolute Gasteiger partial charge is 0.160 e. The molecule has 1 N–H and O–H groups in total. The van der Waals surface area contributed by atoms with Crippen LogP contribution in [0.15, 0.2) is 30.7 Å². The van der Waals surface area contributed by atoms with Crippen molar-refractivity contribution in [2.24, 2.45) is 0 Å². The van der Waals surface area contributed by atoms with Gasteiger partial charge in [0.2, 0.25) is 0 Å². The molecule has 0 spiro atoms. The summed E-state index contributed by atoms with van der Waals surface area (Å²) in [4.78, 5) is 18.5. The Balaban J connectivity index is 1.89. The molecule has 1 aromatic heterocycles. The van der Waals surface area contributed by atoms with E-state index in [0.29, 0.717) is 6.61 Å². The summed E-state index contributed by atoms with van der Waals surface area (Å²) in [5, 5.41) is 0. The third kappa shape index (κ3) is 3.44. The van der Waals surface area contributed by atoms with Crippen LogP contribution in [0.5, 0.6) is 5.75 Å². The van der Waals surface area contributed by atoms with Crippen LogP contribution in [0.2, 0.25) is 0 Å². The highest BCUT2D eigenvalue weighted by molar-refractivity contribution is 5.96. The van der Waals surface area contributed by atoms with Crippen LogP contribution in [0.3, 0.4) is 0 Å². The highest BCUT2D eigenvalue weighted by Crippen LogP contribution is 2.22. The summed E-state index contributed by atoms with van der Waals surface area (Å²) in [5.74, 6) is 0.859. The van der Waals surface area contributed by atoms with Crippen LogP contribution >= 0.6 is 0 Å². The van der Waals surface area contributed by atoms with Gasteiger partial charge in [0.05, 0.1) is 12.9 Å². The number of aromatic amines is 1. The van der Waals surface area contributed by atoms with Crippen LogP contribution in [0.4, 0.5) is 0 Å². The number of nitrogens with zero attached hydrogens (tertiary/aromatic N) is 1. The third-order valence-corrected chi connectivity index (χ3v) is 3.07. The first-order valence-corrected chi connectivity index (χ1v) is 6.39. The maximum absolute atomic E-state index is 11.4. The van der Waals surface area contributed by atoms with Gasteiger partial charge in [0.15, 0.2) is 5.78 Å². The van der Waals surface area contributed by atoms with Crippen molar-refractivity contribution in [3.05, 3.63) is 47.5 Å². The van der Waals surface area contributed by atoms with Gasteiger partial charge in [-0.2, -0.15) is 0 Å². The Morgan fingerprint density at radius 2 is 2.26 bits per heavy atom. The van der Waals surface area contributed by atoms with Crippen molar-refractivity contribution in [3.8, 4) is 5.75 Å². The number of ketones is 1. The number of aryl methyl sites for hydroxylation is 1. The second-order valence-corrected chi connectivity index (χ2v) is 4.51. The summed E-state index contributed by atoms with van der Waals surface area (Å²) in [7, 11) is 0. The summed E-state index contributed by atoms with van der Waals surface area (Å²) in [5.41, 5.74) is 2.75. The fraction of sp³-hybridized carbons (Fsp3) is 0.333. The van der Waals surface area contributed by atoms with E-state index < -0.39 is 0 Å². The number of nitrogens with one attached hydrogen (secondary N) is 1. The lowest BCUT2D eigenvalue weighted by Crippen LogP contribution is -2.03. The number of Topliss-reactive ketones (excluding diaryl/α,β-unsaturated/α-hetero) is 1. The Labute approximate surface area is 112 Å². The number of benzene rings is 1. The third-order valence-electron chi connectivity index (χ3n) is 3.07. The molecule has 4 heteroatoms. The number of hydrogen-bond acceptors (Lipinski definition) is 3. The predicted octanol–water partition coefficient (Wildman–Crippen LogP) is 2.93. The molecule has 2 aromatic rings. The van der Waals surface area contributed by atoms with E-state index in [2.05, 4.69) is 9.97 Å². The lowest BCUT2D eigenvalue weighted by Gasteiger charge is -2.11. The highest BCUT2D eigenvalue weighted by Gasteiger charge is 2.08. The molecule has 0 fully saturated rings. The van der Waals surface area contributed by atoms with E-state index in [1.54, 1.807) is 13.3 Å². The Kier molecular flexibility index (Phi) is 4.34. The molecule has 1 heterocycles. The minimum absolute atomic E-state index is 0.0698. The maximum Gasteiger partial charge on any atom is 0.160 e. The highest BCUT2D eigenvalue weighted by atomic mass is 16.5. The average Bonchev–Trinajstić information content (AvgIpc) is 2.89. The standard InChI is InChI=1S/C15H18N2O2/c1-11-14(12(2)18)6-3-7-15(11)19-8-4-5-13-9-16-10-17-13/h3,6-7,9-10H,4-5,8H2,1-2H3,(H,16,17). The zero-order valence-electron chi connectivity index (χ0n) is 11.3. The summed E-state index contributed by atoms with van der Waals surface area (Å²) in [6.07, 6.45) is 5.32. The first-order valence-electron chi connectivity index (χ1n) is 6.39. The molecule has 0 aliphatic rings. The van der Waals surface area contributed by atoms with Crippen molar-refractivity contribution in [1.29, 1.82) is 0 Å². The van der Waals surface area contributed by atoms with Gasteiger partial charge in [-0.25, -0.2) is 4.98 Å². The minimum atomic E-state index is 0.0698. The summed E-state index contributed by atoms with van der Waals surface area (Å²) in [6.45, 7) is 4.12. The van der Waals surface area contributed by atoms with Gasteiger partial charge < -0.3 is 9.72 Å². The average molecular weight is 258 g/mol. The molecule has 0 bridgehead atoms. The van der Waals surface area contributed by atoms with Gasteiger partial charge in [0.25, 0.3) is 0 Å². The minimum Gasteiger partial charge on any atom is -0.493 e. The molecule has 0 saturated heterocycles. The van der Waals surface area contributed by atoms with Crippen molar-refractivity contribution in [3.63, 3.8) is 0 Å². The van der Waals surface area contributed by atoms with Gasteiger partial charge in [-0.1, -0.05) is 12.1 Å². The lowest BCUT2D eigenvalue weighted by molar-refractivity contribution is 0.101. The molecule has 0 radical (unpaired) electrons. The quantitative estimate of drug-likeness (QED) is 0.640. The number of ether oxygens (including phenoxy) is 1. The number of rotatable bonds is 6. The van der Waals surface area contributed by atoms with Crippen LogP contribution in [0, 0.1) is 6.92 Å². The van der Waals surface area contributed by atoms with Crippen LogP contribution < -0.4 is 4.74 Å². The van der Waals surface area contributed by atoms with Gasteiger partial charge >= 0.3 is 0 Å². The molecule has 0 amide bonds. The van der Waals surface area contributed by atoms with E-state index >= 15 is 0 Å². The van der Waals surface area contributed by atoms with Gasteiger partial charge in [-0.3, -0.25) is 4.79 Å². The van der Waals surface area contributed by atoms with E-state index in [9.17, 15) is 4.79 Å². The molecular formula is C15H18N2O2. The normalized spacial score (nSPS) is 10.4. The van der Waals surface area contributed by atoms with Crippen molar-refractivity contribution < 1.29 is 9.53 Å². The maximum atomic E-state index is 11.4. The fourth-order valence-electron chi connectivity index (χ4n) is 2.02. The molecule has 0 aliphatic carbocycles. The Hall–Kier alpha value is -2.10. The number of hydrogen-bond donors (Lipinski definition) is 1. The van der Waals surface area contributed by atoms with E-state index in [-0.39, 0.29) is 5.78 Å². The van der Waals surface area contributed by atoms with Crippen molar-refractivity contribution in [1.82, 2.24) is 9.97 Å². The van der Waals surface area contributed by atoms with Gasteiger partial charge in [0.1, 0.15) is 5.75 Å². The van der Waals surface area contributed by atoms with E-state index in [4.69, 9.17) is 4.74 Å². The molecule has 2 rings (SSSR count). The summed E-state index contributed by atoms with van der Waals surface area (Å²) < 4.78 is 5.74. The van der Waals surface area contributed by atoms with Crippen molar-refractivity contribution in [2.45, 2.75) is 26.7 Å². The van der Waals surface area contributed by atoms with Crippen LogP contribution in [-0.4, -0.2) is 22.4 Å². The first-order chi connectivity index (χ1) is 9.18. The monoisotopic (exact) mass is 258 g/mol. The van der Waals surface area contributed by atoms with E-state index in [0.717, 1.165) is 35.4 Å².